The standard InChI is InChI=1S/C65H102O28/c1-13-27(2)55(82)88-39-23-60(6,7)22-32-31-14-15-37-62(10)18-17-38(61(8,9)36(62)16-19-63(37,11)64(31,12)33(26-84-30(5)69)53(79)65(32,39)20-21-83-29(4)68)89-59-51(92-56-46(76)43(73)40(70)28(3)85-56)48(78)49(52(93-59)54(80)81)90-58-50(45(75)42(72)35(25-67)87-58)91-57-47(77)44(74)41(71)34(24-66)86-57/h13-14,28,32-53,56-59,66-67,70-79H,15-26H2,1-12H3,(H,80,81)/b27-13-/t28-,32-,33-,34+,35+,36?,37?,38-,39-,40-,41+,42-,43+,44-,45-,46+,47+,48-,49-,50+,51+,52-,53+,56-,57-,58-,59+,62-,63+,64-,65+/m0/s1. The maximum Gasteiger partial charge on any atom is 0.335 e. The van der Waals surface area contributed by atoms with Gasteiger partial charge in [0.2, 0.25) is 0 Å². The predicted octanol–water partition coefficient (Wildman–Crippen LogP) is -0.233. The normalized spacial score (nSPS) is 48.7. The van der Waals surface area contributed by atoms with Crippen molar-refractivity contribution in [1.82, 2.24) is 0 Å². The zero-order chi connectivity index (χ0) is 68.7. The number of aliphatic hydroxyl groups excluding tert-OH is 12. The molecule has 31 atom stereocenters. The first-order valence-electron chi connectivity index (χ1n) is 32.7. The van der Waals surface area contributed by atoms with Gasteiger partial charge in [-0.25, -0.2) is 9.59 Å². The molecule has 4 aliphatic heterocycles. The van der Waals surface area contributed by atoms with Gasteiger partial charge in [-0.15, -0.1) is 0 Å². The fraction of sp³-hybridized carbons (Fsp3) is 0.877. The van der Waals surface area contributed by atoms with E-state index in [4.69, 9.17) is 52.1 Å². The number of ether oxygens (including phenoxy) is 11. The summed E-state index contributed by atoms with van der Waals surface area (Å²) in [5.74, 6) is -4.76. The first-order chi connectivity index (χ1) is 43.4. The molecule has 9 aliphatic rings. The number of esters is 3. The van der Waals surface area contributed by atoms with Crippen LogP contribution in [0.5, 0.6) is 0 Å². The summed E-state index contributed by atoms with van der Waals surface area (Å²) in [5.41, 5.74) is -2.97. The van der Waals surface area contributed by atoms with Gasteiger partial charge in [0.05, 0.1) is 44.7 Å². The van der Waals surface area contributed by atoms with Crippen LogP contribution in [0.4, 0.5) is 0 Å². The Hall–Kier alpha value is -3.44. The van der Waals surface area contributed by atoms with Gasteiger partial charge in [-0.3, -0.25) is 9.59 Å². The van der Waals surface area contributed by atoms with Crippen LogP contribution < -0.4 is 0 Å². The van der Waals surface area contributed by atoms with E-state index < -0.39 is 223 Å². The number of fused-ring (bicyclic) bond motifs is 7. The molecule has 9 rings (SSSR count). The van der Waals surface area contributed by atoms with Crippen LogP contribution in [0.15, 0.2) is 23.3 Å². The number of carbonyl (C=O) groups excluding carboxylic acids is 3. The summed E-state index contributed by atoms with van der Waals surface area (Å²) >= 11 is 0. The average Bonchev–Trinajstić information content (AvgIpc) is 0.664. The second kappa shape index (κ2) is 27.7. The highest BCUT2D eigenvalue weighted by Crippen LogP contribution is 2.77. The van der Waals surface area contributed by atoms with Crippen LogP contribution in [0.3, 0.4) is 0 Å². The Bertz CT molecular complexity index is 2740. The van der Waals surface area contributed by atoms with E-state index in [1.165, 1.54) is 20.8 Å². The molecule has 4 heterocycles. The van der Waals surface area contributed by atoms with Gasteiger partial charge in [0.25, 0.3) is 0 Å². The first kappa shape index (κ1) is 73.8. The Morgan fingerprint density at radius 1 is 0.613 bits per heavy atom. The van der Waals surface area contributed by atoms with E-state index in [-0.39, 0.29) is 31.5 Å². The minimum absolute atomic E-state index is 0.0704. The van der Waals surface area contributed by atoms with Crippen LogP contribution in [0.1, 0.15) is 134 Å². The highest BCUT2D eigenvalue weighted by atomic mass is 16.8. The van der Waals surface area contributed by atoms with Crippen molar-refractivity contribution in [2.75, 3.05) is 26.4 Å². The largest absolute Gasteiger partial charge is 0.479 e. The molecule has 530 valence electrons. The Labute approximate surface area is 541 Å². The van der Waals surface area contributed by atoms with Gasteiger partial charge in [0.15, 0.2) is 31.3 Å². The summed E-state index contributed by atoms with van der Waals surface area (Å²) in [4.78, 5) is 52.9. The van der Waals surface area contributed by atoms with E-state index in [9.17, 15) is 85.6 Å². The van der Waals surface area contributed by atoms with Gasteiger partial charge in [0.1, 0.15) is 91.6 Å². The maximum atomic E-state index is 13.9. The third kappa shape index (κ3) is 12.9. The number of allylic oxidation sites excluding steroid dienone is 3. The number of carboxylic acid groups (broad SMARTS) is 1. The van der Waals surface area contributed by atoms with Crippen LogP contribution in [-0.4, -0.2) is 258 Å². The fourth-order valence-electron chi connectivity index (χ4n) is 18.6. The smallest absolute Gasteiger partial charge is 0.335 e. The number of aliphatic carboxylic acids is 1. The molecule has 13 N–H and O–H groups in total. The summed E-state index contributed by atoms with van der Waals surface area (Å²) in [6.07, 6.45) is -33.4. The molecule has 4 saturated carbocycles. The molecule has 2 unspecified atom stereocenters. The van der Waals surface area contributed by atoms with Gasteiger partial charge in [-0.1, -0.05) is 66.2 Å². The second-order valence-electron chi connectivity index (χ2n) is 29.8. The van der Waals surface area contributed by atoms with Crippen molar-refractivity contribution in [2.45, 2.75) is 276 Å². The second-order valence-corrected chi connectivity index (χ2v) is 29.8. The molecule has 28 heteroatoms. The Kier molecular flexibility index (Phi) is 22.0. The van der Waals surface area contributed by atoms with Gasteiger partial charge < -0.3 is 118 Å². The van der Waals surface area contributed by atoms with Gasteiger partial charge in [-0.2, -0.15) is 0 Å². The summed E-state index contributed by atoms with van der Waals surface area (Å²) in [6.45, 7) is 20.3. The molecule has 93 heavy (non-hydrogen) atoms. The third-order valence-corrected chi connectivity index (χ3v) is 23.9. The molecule has 0 radical (unpaired) electrons. The molecule has 0 spiro atoms. The number of hydrogen-bond donors (Lipinski definition) is 13. The molecule has 0 bridgehead atoms. The molecule has 28 nitrogen and oxygen atoms in total. The van der Waals surface area contributed by atoms with Gasteiger partial charge in [0, 0.05) is 36.2 Å². The topological polar surface area (TPSA) is 433 Å². The lowest BCUT2D eigenvalue weighted by Crippen LogP contribution is -2.72. The van der Waals surface area contributed by atoms with Gasteiger partial charge in [-0.05, 0) is 112 Å². The molecule has 5 aliphatic carbocycles. The minimum atomic E-state index is -2.22. The lowest BCUT2D eigenvalue weighted by molar-refractivity contribution is -0.401. The molecule has 0 aromatic carbocycles. The SMILES string of the molecule is C/C=C(/C)C(=O)O[C@H]1CC(C)(C)C[C@H]2C3=CCC4[C@@]5(C)CC[C@H](O[C@@H]6O[C@H](C(=O)O)[C@@H](O[C@@H]7O[C@H](CO)[C@H](O)[C@H](O)[C@H]7O[C@@H]7O[C@H](CO)[C@@H](O)[C@H](O)[C@H]7O)[C@H](O)[C@H]6O[C@@H]6O[C@@H](C)[C@H](O)[C@@H](O)[C@H]6O)C(C)(C)C5CC[C@@]4(C)[C@]3(C)[C@@H](COC(C)=O)[C@@H](O)[C@@]12CCOC(C)=O. The Morgan fingerprint density at radius 2 is 1.17 bits per heavy atom. The zero-order valence-electron chi connectivity index (χ0n) is 55.2. The maximum absolute atomic E-state index is 13.9. The van der Waals surface area contributed by atoms with E-state index in [2.05, 4.69) is 40.7 Å². The quantitative estimate of drug-likeness (QED) is 0.0277. The van der Waals surface area contributed by atoms with E-state index in [0.29, 0.717) is 50.5 Å². The van der Waals surface area contributed by atoms with Crippen LogP contribution in [0.25, 0.3) is 0 Å². The lowest BCUT2D eigenvalue weighted by Gasteiger charge is -2.74. The molecule has 0 amide bonds. The lowest BCUT2D eigenvalue weighted by atomic mass is 9.31. The molecule has 0 aromatic rings. The monoisotopic (exact) mass is 1330 g/mol. The highest BCUT2D eigenvalue weighted by molar-refractivity contribution is 5.87. The summed E-state index contributed by atoms with van der Waals surface area (Å²) in [6, 6.07) is 0. The first-order valence-corrected chi connectivity index (χ1v) is 32.7. The van der Waals surface area contributed by atoms with Crippen molar-refractivity contribution >= 4 is 23.9 Å². The van der Waals surface area contributed by atoms with E-state index in [0.717, 1.165) is 5.57 Å². The third-order valence-electron chi connectivity index (χ3n) is 23.9. The van der Waals surface area contributed by atoms with Crippen LogP contribution >= 0.6 is 0 Å². The van der Waals surface area contributed by atoms with Crippen molar-refractivity contribution in [3.63, 3.8) is 0 Å². The number of carbonyl (C=O) groups is 4. The molecule has 0 aromatic heterocycles. The zero-order valence-corrected chi connectivity index (χ0v) is 55.2. The van der Waals surface area contributed by atoms with E-state index in [1.807, 2.05) is 13.8 Å². The summed E-state index contributed by atoms with van der Waals surface area (Å²) in [7, 11) is 0. The minimum Gasteiger partial charge on any atom is -0.479 e. The van der Waals surface area contributed by atoms with Crippen molar-refractivity contribution in [1.29, 1.82) is 0 Å². The van der Waals surface area contributed by atoms with Crippen LogP contribution in [-0.2, 0) is 71.3 Å². The van der Waals surface area contributed by atoms with Crippen molar-refractivity contribution in [3.05, 3.63) is 23.3 Å². The Morgan fingerprint density at radius 3 is 1.76 bits per heavy atom. The van der Waals surface area contributed by atoms with Crippen molar-refractivity contribution in [3.8, 4) is 0 Å². The number of carboxylic acids is 1. The summed E-state index contributed by atoms with van der Waals surface area (Å²) < 4.78 is 67.0. The van der Waals surface area contributed by atoms with Crippen LogP contribution in [0.2, 0.25) is 0 Å². The number of aliphatic hydroxyl groups is 12. The molecular formula is C65H102O28. The van der Waals surface area contributed by atoms with E-state index in [1.54, 1.807) is 19.9 Å². The highest BCUT2D eigenvalue weighted by Gasteiger charge is 2.75. The summed E-state index contributed by atoms with van der Waals surface area (Å²) in [5, 5.41) is 145. The van der Waals surface area contributed by atoms with Crippen molar-refractivity contribution in [2.24, 2.45) is 56.2 Å². The number of rotatable bonds is 18. The predicted molar refractivity (Wildman–Crippen MR) is 318 cm³/mol. The number of hydrogen-bond acceptors (Lipinski definition) is 27. The molecule has 8 fully saturated rings. The average molecular weight is 1330 g/mol. The molecule has 4 saturated heterocycles. The Balaban J connectivity index is 1.06. The van der Waals surface area contributed by atoms with E-state index >= 15 is 0 Å². The fourth-order valence-corrected chi connectivity index (χ4v) is 18.6. The van der Waals surface area contributed by atoms with Crippen LogP contribution in [0, 0.1) is 56.2 Å². The molecular weight excluding hydrogens is 1230 g/mol. The van der Waals surface area contributed by atoms with Crippen molar-refractivity contribution < 1.29 is 138 Å². The van der Waals surface area contributed by atoms with Gasteiger partial charge >= 0.3 is 23.9 Å².